The van der Waals surface area contributed by atoms with Gasteiger partial charge in [-0.25, -0.2) is 19.0 Å². The average molecular weight is 623 g/mol. The number of amides is 1. The van der Waals surface area contributed by atoms with E-state index in [0.29, 0.717) is 61.1 Å². The standard InChI is InChI=1S/C25H24ClFN6O4S3/c1-3-36-20-11-18-15(23(29-13-28-18)30-14-5-6-17(27)16(26)9-14)10-19(20)31-21(34)12-33-25(38)40-24(32-33)39-8-7-22(35)37-4-2/h5-6,9-11,13H,3-4,7-8,12H2,1-2H3,(H,31,34)(H,28,29,30). The number of anilines is 3. The molecular formula is C25H24ClFN6O4S3. The van der Waals surface area contributed by atoms with Crippen molar-refractivity contribution in [3.05, 3.63) is 51.5 Å². The highest BCUT2D eigenvalue weighted by Crippen LogP contribution is 2.34. The Hall–Kier alpha value is -3.33. The number of hydrogen-bond acceptors (Lipinski definition) is 11. The van der Waals surface area contributed by atoms with Crippen LogP contribution in [0.1, 0.15) is 20.3 Å². The molecule has 40 heavy (non-hydrogen) atoms. The van der Waals surface area contributed by atoms with Crippen LogP contribution in [-0.2, 0) is 20.9 Å². The minimum atomic E-state index is -0.534. The third kappa shape index (κ3) is 7.65. The lowest BCUT2D eigenvalue weighted by Crippen LogP contribution is -2.20. The molecule has 4 aromatic rings. The number of rotatable bonds is 12. The van der Waals surface area contributed by atoms with Gasteiger partial charge in [-0.1, -0.05) is 34.7 Å². The Bertz CT molecular complexity index is 1600. The zero-order valence-electron chi connectivity index (χ0n) is 21.4. The van der Waals surface area contributed by atoms with Crippen LogP contribution in [-0.4, -0.2) is 50.6 Å². The summed E-state index contributed by atoms with van der Waals surface area (Å²) in [4.78, 5) is 33.2. The minimum Gasteiger partial charge on any atom is -0.492 e. The van der Waals surface area contributed by atoms with Gasteiger partial charge in [0.05, 0.1) is 35.9 Å². The molecular weight excluding hydrogens is 599 g/mol. The number of esters is 1. The lowest BCUT2D eigenvalue weighted by Gasteiger charge is -2.15. The highest BCUT2D eigenvalue weighted by molar-refractivity contribution is 8.01. The number of aromatic nitrogens is 4. The van der Waals surface area contributed by atoms with Crippen molar-refractivity contribution in [2.75, 3.05) is 29.6 Å². The molecule has 210 valence electrons. The van der Waals surface area contributed by atoms with Crippen LogP contribution in [0.5, 0.6) is 5.75 Å². The van der Waals surface area contributed by atoms with E-state index in [1.807, 2.05) is 6.92 Å². The topological polar surface area (TPSA) is 120 Å². The first-order valence-corrected chi connectivity index (χ1v) is 14.7. The Morgan fingerprint density at radius 1 is 1.20 bits per heavy atom. The predicted octanol–water partition coefficient (Wildman–Crippen LogP) is 6.24. The van der Waals surface area contributed by atoms with Crippen molar-refractivity contribution >= 4 is 86.9 Å². The SMILES string of the molecule is CCOC(=O)CCSc1nn(CC(=O)Nc2cc3c(Nc4ccc(F)c(Cl)c4)ncnc3cc2OCC)c(=S)s1. The van der Waals surface area contributed by atoms with Crippen LogP contribution in [0.3, 0.4) is 0 Å². The third-order valence-corrected chi connectivity index (χ3v) is 7.94. The maximum absolute atomic E-state index is 13.6. The fraction of sp³-hybridized carbons (Fsp3) is 0.280. The second-order valence-electron chi connectivity index (χ2n) is 8.02. The highest BCUT2D eigenvalue weighted by Gasteiger charge is 2.16. The van der Waals surface area contributed by atoms with Gasteiger partial charge in [0.1, 0.15) is 30.3 Å². The molecule has 1 amide bonds. The summed E-state index contributed by atoms with van der Waals surface area (Å²) in [7, 11) is 0. The first-order chi connectivity index (χ1) is 19.3. The van der Waals surface area contributed by atoms with Crippen LogP contribution in [0.25, 0.3) is 10.9 Å². The molecule has 0 radical (unpaired) electrons. The Labute approximate surface area is 247 Å². The van der Waals surface area contributed by atoms with Crippen molar-refractivity contribution in [2.24, 2.45) is 0 Å². The van der Waals surface area contributed by atoms with Crippen molar-refractivity contribution in [1.29, 1.82) is 0 Å². The molecule has 0 fully saturated rings. The Morgan fingerprint density at radius 2 is 2.02 bits per heavy atom. The van der Waals surface area contributed by atoms with Gasteiger partial charge in [-0.15, -0.1) is 0 Å². The first kappa shape index (κ1) is 29.6. The van der Waals surface area contributed by atoms with Gasteiger partial charge in [0, 0.05) is 22.9 Å². The van der Waals surface area contributed by atoms with Gasteiger partial charge in [-0.3, -0.25) is 9.59 Å². The molecule has 0 atom stereocenters. The maximum atomic E-state index is 13.6. The molecule has 0 saturated heterocycles. The molecule has 10 nitrogen and oxygen atoms in total. The summed E-state index contributed by atoms with van der Waals surface area (Å²) in [5, 5.41) is 10.9. The van der Waals surface area contributed by atoms with E-state index < -0.39 is 5.82 Å². The molecule has 2 heterocycles. The summed E-state index contributed by atoms with van der Waals surface area (Å²) in [6, 6.07) is 7.63. The molecule has 0 unspecified atom stereocenters. The second-order valence-corrected chi connectivity index (χ2v) is 11.4. The summed E-state index contributed by atoms with van der Waals surface area (Å²) in [5.41, 5.74) is 1.50. The molecule has 4 rings (SSSR count). The number of nitrogens with one attached hydrogen (secondary N) is 2. The minimum absolute atomic E-state index is 0.0313. The molecule has 15 heteroatoms. The number of halogens is 2. The van der Waals surface area contributed by atoms with Crippen LogP contribution in [0.4, 0.5) is 21.6 Å². The van der Waals surface area contributed by atoms with E-state index in [9.17, 15) is 14.0 Å². The van der Waals surface area contributed by atoms with Crippen LogP contribution in [0, 0.1) is 9.77 Å². The van der Waals surface area contributed by atoms with Crippen LogP contribution in [0.2, 0.25) is 5.02 Å². The number of thioether (sulfide) groups is 1. The average Bonchev–Trinajstić information content (AvgIpc) is 3.25. The number of nitrogens with zero attached hydrogens (tertiary/aromatic N) is 4. The van der Waals surface area contributed by atoms with Crippen molar-refractivity contribution in [3.8, 4) is 5.75 Å². The number of benzene rings is 2. The van der Waals surface area contributed by atoms with E-state index in [4.69, 9.17) is 33.3 Å². The van der Waals surface area contributed by atoms with Gasteiger partial charge >= 0.3 is 5.97 Å². The van der Waals surface area contributed by atoms with Gasteiger partial charge in [0.25, 0.3) is 0 Å². The van der Waals surface area contributed by atoms with Gasteiger partial charge < -0.3 is 20.1 Å². The number of ether oxygens (including phenoxy) is 2. The summed E-state index contributed by atoms with van der Waals surface area (Å²) in [5.74, 6) is 0.163. The van der Waals surface area contributed by atoms with Crippen molar-refractivity contribution in [1.82, 2.24) is 19.7 Å². The lowest BCUT2D eigenvalue weighted by molar-refractivity contribution is -0.142. The van der Waals surface area contributed by atoms with Crippen LogP contribution >= 0.6 is 46.9 Å². The monoisotopic (exact) mass is 622 g/mol. The summed E-state index contributed by atoms with van der Waals surface area (Å²) in [6.07, 6.45) is 1.64. The molecule has 0 spiro atoms. The molecule has 0 aliphatic rings. The van der Waals surface area contributed by atoms with Crippen molar-refractivity contribution in [2.45, 2.75) is 31.2 Å². The zero-order valence-corrected chi connectivity index (χ0v) is 24.6. The largest absolute Gasteiger partial charge is 0.492 e. The molecule has 0 bridgehead atoms. The number of hydrogen-bond donors (Lipinski definition) is 2. The molecule has 0 aliphatic heterocycles. The van der Waals surface area contributed by atoms with Gasteiger partial charge in [0.2, 0.25) is 5.91 Å². The first-order valence-electron chi connectivity index (χ1n) is 12.1. The van der Waals surface area contributed by atoms with E-state index in [-0.39, 0.29) is 29.9 Å². The van der Waals surface area contributed by atoms with Gasteiger partial charge in [-0.2, -0.15) is 5.10 Å². The molecule has 2 N–H and O–H groups in total. The molecule has 0 aliphatic carbocycles. The normalized spacial score (nSPS) is 10.9. The molecule has 2 aromatic carbocycles. The van der Waals surface area contributed by atoms with Gasteiger partial charge in [-0.05, 0) is 50.3 Å². The van der Waals surface area contributed by atoms with E-state index >= 15 is 0 Å². The van der Waals surface area contributed by atoms with Crippen LogP contribution in [0.15, 0.2) is 41.0 Å². The summed E-state index contributed by atoms with van der Waals surface area (Å²) in [6.45, 7) is 4.16. The summed E-state index contributed by atoms with van der Waals surface area (Å²) >= 11 is 13.9. The van der Waals surface area contributed by atoms with Crippen molar-refractivity contribution in [3.63, 3.8) is 0 Å². The summed E-state index contributed by atoms with van der Waals surface area (Å²) < 4.78 is 26.8. The molecule has 0 saturated carbocycles. The fourth-order valence-corrected chi connectivity index (χ4v) is 6.00. The fourth-order valence-electron chi connectivity index (χ4n) is 3.49. The predicted molar refractivity (Wildman–Crippen MR) is 157 cm³/mol. The van der Waals surface area contributed by atoms with E-state index in [2.05, 4.69) is 25.7 Å². The second kappa shape index (κ2) is 13.8. The van der Waals surface area contributed by atoms with Crippen molar-refractivity contribution < 1.29 is 23.5 Å². The third-order valence-electron chi connectivity index (χ3n) is 5.21. The number of fused-ring (bicyclic) bond motifs is 1. The van der Waals surface area contributed by atoms with Gasteiger partial charge in [0.15, 0.2) is 8.29 Å². The Balaban J connectivity index is 1.52. The number of carbonyl (C=O) groups is 2. The maximum Gasteiger partial charge on any atom is 0.306 e. The zero-order chi connectivity index (χ0) is 28.6. The van der Waals surface area contributed by atoms with E-state index in [1.165, 1.54) is 52.3 Å². The smallest absolute Gasteiger partial charge is 0.306 e. The van der Waals surface area contributed by atoms with E-state index in [0.717, 1.165) is 0 Å². The highest BCUT2D eigenvalue weighted by atomic mass is 35.5. The molecule has 2 aromatic heterocycles. The number of carbonyl (C=O) groups excluding carboxylic acids is 2. The lowest BCUT2D eigenvalue weighted by atomic mass is 10.1. The Morgan fingerprint density at radius 3 is 2.77 bits per heavy atom. The van der Waals surface area contributed by atoms with Crippen LogP contribution < -0.4 is 15.4 Å². The Kier molecular flexibility index (Phi) is 10.3. The quantitative estimate of drug-likeness (QED) is 0.107. The van der Waals surface area contributed by atoms with E-state index in [1.54, 1.807) is 19.1 Å².